The molecule has 4 aliphatic carbocycles. The number of rotatable bonds is 4. The monoisotopic (exact) mass is 434 g/mol. The maximum atomic E-state index is 10.6. The molecule has 0 aliphatic heterocycles. The van der Waals surface area contributed by atoms with Gasteiger partial charge in [0.2, 0.25) is 0 Å². The van der Waals surface area contributed by atoms with Crippen molar-refractivity contribution in [2.75, 3.05) is 0 Å². The summed E-state index contributed by atoms with van der Waals surface area (Å²) in [6.07, 6.45) is 11.9. The van der Waals surface area contributed by atoms with Crippen LogP contribution in [0.15, 0.2) is 0 Å². The first-order chi connectivity index (χ1) is 14.3. The van der Waals surface area contributed by atoms with Crippen molar-refractivity contribution in [3.8, 4) is 0 Å². The van der Waals surface area contributed by atoms with Crippen molar-refractivity contribution in [1.29, 1.82) is 0 Å². The lowest BCUT2D eigenvalue weighted by atomic mass is 9.44. The summed E-state index contributed by atoms with van der Waals surface area (Å²) in [4.78, 5) is 0. The minimum Gasteiger partial charge on any atom is -0.393 e. The average Bonchev–Trinajstić information content (AvgIpc) is 3.02. The molecule has 0 spiro atoms. The molecule has 3 nitrogen and oxygen atoms in total. The molecule has 3 heteroatoms. The quantitative estimate of drug-likeness (QED) is 0.465. The topological polar surface area (TPSA) is 60.7 Å². The fourth-order valence-electron chi connectivity index (χ4n) is 9.26. The van der Waals surface area contributed by atoms with E-state index in [0.29, 0.717) is 35.5 Å². The Bertz CT molecular complexity index is 651. The highest BCUT2D eigenvalue weighted by atomic mass is 16.5. The molecule has 3 N–H and O–H groups in total. The van der Waals surface area contributed by atoms with E-state index < -0.39 is 5.79 Å². The molecule has 0 aromatic carbocycles. The molecule has 4 aliphatic rings. The van der Waals surface area contributed by atoms with Gasteiger partial charge in [0.1, 0.15) is 0 Å². The highest BCUT2D eigenvalue weighted by Gasteiger charge is 2.61. The third-order valence-corrected chi connectivity index (χ3v) is 11.4. The third-order valence-electron chi connectivity index (χ3n) is 11.4. The van der Waals surface area contributed by atoms with Crippen LogP contribution in [-0.4, -0.2) is 27.2 Å². The van der Waals surface area contributed by atoms with E-state index in [9.17, 15) is 15.3 Å². The number of hydrogen-bond donors (Lipinski definition) is 3. The third kappa shape index (κ3) is 4.14. The van der Waals surface area contributed by atoms with Crippen LogP contribution in [0.3, 0.4) is 0 Å². The smallest absolute Gasteiger partial charge is 0.162 e. The van der Waals surface area contributed by atoms with Crippen LogP contribution in [-0.2, 0) is 0 Å². The molecule has 0 bridgehead atoms. The van der Waals surface area contributed by atoms with Crippen LogP contribution in [0.1, 0.15) is 112 Å². The summed E-state index contributed by atoms with van der Waals surface area (Å²) < 4.78 is 0. The van der Waals surface area contributed by atoms with Gasteiger partial charge in [0, 0.05) is 12.8 Å². The Balaban J connectivity index is 1.45. The van der Waals surface area contributed by atoms with Gasteiger partial charge in [-0.15, -0.1) is 0 Å². The van der Waals surface area contributed by atoms with E-state index in [2.05, 4.69) is 41.5 Å². The molecule has 4 rings (SSSR count). The number of fused-ring (bicyclic) bond motifs is 5. The fraction of sp³-hybridized carbons (Fsp3) is 1.00. The molecule has 31 heavy (non-hydrogen) atoms. The summed E-state index contributed by atoms with van der Waals surface area (Å²) in [6, 6.07) is 0. The second-order valence-corrected chi connectivity index (χ2v) is 14.0. The summed E-state index contributed by atoms with van der Waals surface area (Å²) in [5.74, 6) is 3.00. The zero-order valence-electron chi connectivity index (χ0n) is 21.2. The van der Waals surface area contributed by atoms with Gasteiger partial charge in [-0.05, 0) is 110 Å². The zero-order chi connectivity index (χ0) is 22.8. The lowest BCUT2D eigenvalue weighted by Crippen LogP contribution is -2.56. The number of hydrogen-bond acceptors (Lipinski definition) is 3. The van der Waals surface area contributed by atoms with E-state index in [0.717, 1.165) is 42.9 Å². The van der Waals surface area contributed by atoms with Gasteiger partial charge in [0.25, 0.3) is 0 Å². The number of aliphatic hydroxyl groups is 3. The summed E-state index contributed by atoms with van der Waals surface area (Å²) in [5, 5.41) is 31.1. The minimum atomic E-state index is -1.42. The second kappa shape index (κ2) is 7.98. The molecule has 0 aromatic heterocycles. The molecule has 0 saturated heterocycles. The lowest BCUT2D eigenvalue weighted by Gasteiger charge is -2.61. The Labute approximate surface area is 191 Å². The van der Waals surface area contributed by atoms with E-state index in [-0.39, 0.29) is 11.5 Å². The molecular formula is C28H50O3. The Morgan fingerprint density at radius 3 is 2.19 bits per heavy atom. The van der Waals surface area contributed by atoms with Gasteiger partial charge in [0.05, 0.1) is 6.10 Å². The summed E-state index contributed by atoms with van der Waals surface area (Å²) in [7, 11) is 0. The Morgan fingerprint density at radius 2 is 1.52 bits per heavy atom. The van der Waals surface area contributed by atoms with Gasteiger partial charge in [-0.2, -0.15) is 0 Å². The van der Waals surface area contributed by atoms with Crippen molar-refractivity contribution in [2.24, 2.45) is 51.8 Å². The first kappa shape index (κ1) is 24.0. The van der Waals surface area contributed by atoms with Crippen molar-refractivity contribution in [1.82, 2.24) is 0 Å². The molecule has 180 valence electrons. The van der Waals surface area contributed by atoms with Crippen LogP contribution >= 0.6 is 0 Å². The second-order valence-electron chi connectivity index (χ2n) is 14.0. The largest absolute Gasteiger partial charge is 0.393 e. The molecule has 2 unspecified atom stereocenters. The molecular weight excluding hydrogens is 384 g/mol. The van der Waals surface area contributed by atoms with Gasteiger partial charge in [0.15, 0.2) is 5.79 Å². The van der Waals surface area contributed by atoms with Gasteiger partial charge in [-0.25, -0.2) is 0 Å². The van der Waals surface area contributed by atoms with Gasteiger partial charge in [-0.3, -0.25) is 0 Å². The van der Waals surface area contributed by atoms with Crippen LogP contribution < -0.4 is 0 Å². The van der Waals surface area contributed by atoms with Crippen LogP contribution in [0.25, 0.3) is 0 Å². The normalized spacial score (nSPS) is 46.5. The van der Waals surface area contributed by atoms with Gasteiger partial charge >= 0.3 is 0 Å². The predicted octanol–water partition coefficient (Wildman–Crippen LogP) is 6.15. The summed E-state index contributed by atoms with van der Waals surface area (Å²) in [5.41, 5.74) is 0.747. The summed E-state index contributed by atoms with van der Waals surface area (Å²) >= 11 is 0. The van der Waals surface area contributed by atoms with Crippen LogP contribution in [0, 0.1) is 51.8 Å². The van der Waals surface area contributed by atoms with E-state index in [1.165, 1.54) is 38.5 Å². The lowest BCUT2D eigenvalue weighted by molar-refractivity contribution is -0.233. The Morgan fingerprint density at radius 1 is 0.839 bits per heavy atom. The standard InChI is InChI=1S/C28H50O3/c1-18(7-12-24(29)25(2,3)4)21-10-11-22-20-9-8-19-17-28(30,31)16-15-26(19,5)23(20)13-14-27(21,22)6/h18-24,29-31H,7-17H2,1-6H3/t18?,19-,20-,21+,22-,23-,24?,26-,27+/m0/s1. The molecule has 0 amide bonds. The van der Waals surface area contributed by atoms with Crippen LogP contribution in [0.5, 0.6) is 0 Å². The molecule has 4 saturated carbocycles. The van der Waals surface area contributed by atoms with E-state index in [1.54, 1.807) is 0 Å². The highest BCUT2D eigenvalue weighted by molar-refractivity contribution is 5.10. The Kier molecular flexibility index (Phi) is 6.18. The van der Waals surface area contributed by atoms with Crippen molar-refractivity contribution in [3.63, 3.8) is 0 Å². The Hall–Kier alpha value is -0.120. The van der Waals surface area contributed by atoms with E-state index >= 15 is 0 Å². The van der Waals surface area contributed by atoms with Crippen molar-refractivity contribution in [3.05, 3.63) is 0 Å². The molecule has 9 atom stereocenters. The zero-order valence-corrected chi connectivity index (χ0v) is 21.2. The van der Waals surface area contributed by atoms with Crippen molar-refractivity contribution in [2.45, 2.75) is 124 Å². The predicted molar refractivity (Wildman–Crippen MR) is 126 cm³/mol. The minimum absolute atomic E-state index is 0.0191. The van der Waals surface area contributed by atoms with E-state index in [4.69, 9.17) is 0 Å². The average molecular weight is 435 g/mol. The van der Waals surface area contributed by atoms with Gasteiger partial charge in [-0.1, -0.05) is 41.5 Å². The van der Waals surface area contributed by atoms with Crippen LogP contribution in [0.4, 0.5) is 0 Å². The maximum Gasteiger partial charge on any atom is 0.162 e. The molecule has 4 fully saturated rings. The first-order valence-electron chi connectivity index (χ1n) is 13.4. The number of aliphatic hydroxyl groups excluding tert-OH is 1. The van der Waals surface area contributed by atoms with Crippen molar-refractivity contribution < 1.29 is 15.3 Å². The van der Waals surface area contributed by atoms with E-state index in [1.807, 2.05) is 0 Å². The summed E-state index contributed by atoms with van der Waals surface area (Å²) in [6.45, 7) is 14.0. The highest BCUT2D eigenvalue weighted by Crippen LogP contribution is 2.68. The molecule has 0 aromatic rings. The molecule has 0 radical (unpaired) electrons. The fourth-order valence-corrected chi connectivity index (χ4v) is 9.26. The SMILES string of the molecule is CC(CCC(O)C(C)(C)C)[C@H]1CC[C@H]2[C@@H]3CC[C@H]4CC(O)(O)CC[C@]4(C)[C@H]3CC[C@]12C. The van der Waals surface area contributed by atoms with Crippen LogP contribution in [0.2, 0.25) is 0 Å². The molecule has 0 heterocycles. The first-order valence-corrected chi connectivity index (χ1v) is 13.4. The van der Waals surface area contributed by atoms with Gasteiger partial charge < -0.3 is 15.3 Å². The van der Waals surface area contributed by atoms with Crippen molar-refractivity contribution >= 4 is 0 Å². The maximum absolute atomic E-state index is 10.6.